The largest absolute Gasteiger partial charge is 0.388 e. The van der Waals surface area contributed by atoms with Crippen LogP contribution in [-0.4, -0.2) is 110 Å². The van der Waals surface area contributed by atoms with Gasteiger partial charge in [-0.2, -0.15) is 0 Å². The molecule has 15 heteroatoms. The molecular formula is C17H31N4O10P. The smallest absolute Gasteiger partial charge is 0.325 e. The van der Waals surface area contributed by atoms with E-state index in [1.54, 1.807) is 17.9 Å². The van der Waals surface area contributed by atoms with Gasteiger partial charge in [0.15, 0.2) is 6.29 Å². The fourth-order valence-electron chi connectivity index (χ4n) is 2.98. The first kappa shape index (κ1) is 26.8. The third-order valence-corrected chi connectivity index (χ3v) is 5.66. The van der Waals surface area contributed by atoms with E-state index in [9.17, 15) is 24.7 Å². The van der Waals surface area contributed by atoms with E-state index >= 15 is 0 Å². The zero-order valence-electron chi connectivity index (χ0n) is 17.7. The molecule has 0 bridgehead atoms. The number of ether oxygens (including phenoxy) is 3. The molecule has 5 atom stereocenters. The number of aliphatic hydroxyl groups is 3. The van der Waals surface area contributed by atoms with Gasteiger partial charge in [0, 0.05) is 26.1 Å². The Bertz CT molecular complexity index is 759. The van der Waals surface area contributed by atoms with Crippen molar-refractivity contribution in [3.8, 4) is 0 Å². The summed E-state index contributed by atoms with van der Waals surface area (Å²) in [5.74, 6) is -0.102. The number of hydrogen-bond donors (Lipinski definition) is 6. The standard InChI is InChI=1S/C17H31N4O10P/c1-18-13(22)3-6-29-8-5-21-10-11(19-20-21)2-7-30-17-16(25)15(24)14(23)12(31-17)4-9-32(26,27)28/h10,12,14-17,23-25H,2-9H2,1H3,(H,18,22)(H2,26,27,28)/t12-,14-,15+,16+,17+/m1/s1. The zero-order valence-corrected chi connectivity index (χ0v) is 18.6. The topological polar surface area (TPSA) is 206 Å². The number of aromatic nitrogens is 3. The van der Waals surface area contributed by atoms with E-state index in [2.05, 4.69) is 15.6 Å². The molecule has 1 aliphatic rings. The number of carbonyl (C=O) groups is 1. The molecular weight excluding hydrogens is 451 g/mol. The Balaban J connectivity index is 1.73. The molecule has 0 aromatic carbocycles. The van der Waals surface area contributed by atoms with Crippen LogP contribution in [0.5, 0.6) is 0 Å². The quantitative estimate of drug-likeness (QED) is 0.126. The Kier molecular flexibility index (Phi) is 10.6. The van der Waals surface area contributed by atoms with Crippen LogP contribution in [0.2, 0.25) is 0 Å². The number of rotatable bonds is 13. The van der Waals surface area contributed by atoms with Crippen LogP contribution in [0.15, 0.2) is 6.20 Å². The summed E-state index contributed by atoms with van der Waals surface area (Å²) >= 11 is 0. The molecule has 14 nitrogen and oxygen atoms in total. The van der Waals surface area contributed by atoms with Crippen LogP contribution >= 0.6 is 7.60 Å². The van der Waals surface area contributed by atoms with Crippen LogP contribution in [0.4, 0.5) is 0 Å². The summed E-state index contributed by atoms with van der Waals surface area (Å²) in [5, 5.41) is 40.5. The molecule has 184 valence electrons. The fraction of sp³-hybridized carbons (Fsp3) is 0.824. The minimum Gasteiger partial charge on any atom is -0.388 e. The van der Waals surface area contributed by atoms with Gasteiger partial charge in [-0.15, -0.1) is 5.10 Å². The highest BCUT2D eigenvalue weighted by Gasteiger charge is 2.44. The Morgan fingerprint density at radius 3 is 2.66 bits per heavy atom. The summed E-state index contributed by atoms with van der Waals surface area (Å²) in [6, 6.07) is 0. The van der Waals surface area contributed by atoms with Gasteiger partial charge in [0.2, 0.25) is 5.91 Å². The normalized spacial score (nSPS) is 26.2. The maximum atomic E-state index is 11.1. The molecule has 0 radical (unpaired) electrons. The summed E-state index contributed by atoms with van der Waals surface area (Å²) in [6.07, 6.45) is -5.47. The average Bonchev–Trinajstić information content (AvgIpc) is 3.19. The fourth-order valence-corrected chi connectivity index (χ4v) is 3.57. The van der Waals surface area contributed by atoms with Crippen LogP contribution in [0.25, 0.3) is 0 Å². The molecule has 0 saturated carbocycles. The predicted molar refractivity (Wildman–Crippen MR) is 107 cm³/mol. The van der Waals surface area contributed by atoms with Crippen molar-refractivity contribution in [1.82, 2.24) is 20.3 Å². The summed E-state index contributed by atoms with van der Waals surface area (Å²) in [7, 11) is -2.76. The Morgan fingerprint density at radius 2 is 1.97 bits per heavy atom. The van der Waals surface area contributed by atoms with Gasteiger partial charge in [-0.05, 0) is 6.42 Å². The number of aliphatic hydroxyl groups excluding tert-OH is 3. The number of nitrogens with zero attached hydrogens (tertiary/aromatic N) is 3. The monoisotopic (exact) mass is 482 g/mol. The van der Waals surface area contributed by atoms with Gasteiger partial charge in [0.05, 0.1) is 44.3 Å². The molecule has 1 saturated heterocycles. The van der Waals surface area contributed by atoms with E-state index in [0.29, 0.717) is 31.9 Å². The molecule has 2 rings (SSSR count). The summed E-state index contributed by atoms with van der Waals surface area (Å²) in [4.78, 5) is 29.1. The lowest BCUT2D eigenvalue weighted by Gasteiger charge is -2.40. The molecule has 6 N–H and O–H groups in total. The summed E-state index contributed by atoms with van der Waals surface area (Å²) < 4.78 is 28.8. The second-order valence-electron chi connectivity index (χ2n) is 7.32. The van der Waals surface area contributed by atoms with E-state index in [4.69, 9.17) is 24.0 Å². The first-order valence-corrected chi connectivity index (χ1v) is 11.9. The SMILES string of the molecule is CNC(=O)CCOCCn1cc(CCO[C@H]2O[C@H](CCP(=O)(O)O)[C@@H](O)[C@H](O)[C@@H]2O)nn1. The second kappa shape index (κ2) is 12.7. The van der Waals surface area contributed by atoms with Gasteiger partial charge in [-0.3, -0.25) is 9.36 Å². The van der Waals surface area contributed by atoms with Crippen molar-refractivity contribution in [3.05, 3.63) is 11.9 Å². The number of amides is 1. The van der Waals surface area contributed by atoms with Gasteiger partial charge in [-0.1, -0.05) is 5.21 Å². The highest BCUT2D eigenvalue weighted by Crippen LogP contribution is 2.37. The van der Waals surface area contributed by atoms with Crippen molar-refractivity contribution in [2.24, 2.45) is 0 Å². The second-order valence-corrected chi connectivity index (χ2v) is 9.10. The zero-order chi connectivity index (χ0) is 23.7. The van der Waals surface area contributed by atoms with Gasteiger partial charge in [-0.25, -0.2) is 4.68 Å². The maximum absolute atomic E-state index is 11.1. The van der Waals surface area contributed by atoms with Crippen molar-refractivity contribution in [2.75, 3.05) is 33.0 Å². The first-order valence-electron chi connectivity index (χ1n) is 10.1. The van der Waals surface area contributed by atoms with Gasteiger partial charge >= 0.3 is 7.60 Å². The minimum absolute atomic E-state index is 0.0527. The van der Waals surface area contributed by atoms with E-state index < -0.39 is 44.5 Å². The molecule has 0 spiro atoms. The molecule has 1 aliphatic heterocycles. The highest BCUT2D eigenvalue weighted by atomic mass is 31.2. The molecule has 0 unspecified atom stereocenters. The lowest BCUT2D eigenvalue weighted by Crippen LogP contribution is -2.58. The van der Waals surface area contributed by atoms with Crippen LogP contribution in [0, 0.1) is 0 Å². The van der Waals surface area contributed by atoms with Crippen molar-refractivity contribution >= 4 is 13.5 Å². The molecule has 1 aromatic heterocycles. The van der Waals surface area contributed by atoms with E-state index in [1.807, 2.05) is 0 Å². The maximum Gasteiger partial charge on any atom is 0.325 e. The molecule has 1 amide bonds. The van der Waals surface area contributed by atoms with E-state index in [-0.39, 0.29) is 25.4 Å². The number of nitrogens with one attached hydrogen (secondary N) is 1. The molecule has 2 heterocycles. The van der Waals surface area contributed by atoms with Crippen molar-refractivity contribution < 1.29 is 48.7 Å². The van der Waals surface area contributed by atoms with Gasteiger partial charge in [0.25, 0.3) is 0 Å². The predicted octanol–water partition coefficient (Wildman–Crippen LogP) is -2.63. The van der Waals surface area contributed by atoms with Crippen LogP contribution in [0.1, 0.15) is 18.5 Å². The third kappa shape index (κ3) is 8.81. The van der Waals surface area contributed by atoms with Crippen LogP contribution in [0.3, 0.4) is 0 Å². The van der Waals surface area contributed by atoms with Crippen molar-refractivity contribution in [3.63, 3.8) is 0 Å². The average molecular weight is 482 g/mol. The molecule has 0 aliphatic carbocycles. The Labute approximate surface area is 184 Å². The van der Waals surface area contributed by atoms with Crippen LogP contribution < -0.4 is 5.32 Å². The van der Waals surface area contributed by atoms with Crippen LogP contribution in [-0.2, 0) is 36.5 Å². The Hall–Kier alpha value is -1.48. The Morgan fingerprint density at radius 1 is 1.22 bits per heavy atom. The van der Waals surface area contributed by atoms with E-state index in [0.717, 1.165) is 0 Å². The lowest BCUT2D eigenvalue weighted by atomic mass is 9.97. The van der Waals surface area contributed by atoms with Crippen molar-refractivity contribution in [2.45, 2.75) is 56.5 Å². The number of hydrogen-bond acceptors (Lipinski definition) is 10. The minimum atomic E-state index is -4.31. The van der Waals surface area contributed by atoms with Gasteiger partial charge < -0.3 is 44.6 Å². The number of carbonyl (C=O) groups excluding carboxylic acids is 1. The van der Waals surface area contributed by atoms with Crippen molar-refractivity contribution in [1.29, 1.82) is 0 Å². The van der Waals surface area contributed by atoms with Gasteiger partial charge in [0.1, 0.15) is 18.3 Å². The summed E-state index contributed by atoms with van der Waals surface area (Å²) in [6.45, 7) is 1.15. The third-order valence-electron chi connectivity index (χ3n) is 4.82. The molecule has 1 aromatic rings. The first-order chi connectivity index (χ1) is 15.1. The summed E-state index contributed by atoms with van der Waals surface area (Å²) in [5.41, 5.74) is 0.597. The highest BCUT2D eigenvalue weighted by molar-refractivity contribution is 7.51. The molecule has 1 fully saturated rings. The lowest BCUT2D eigenvalue weighted by molar-refractivity contribution is -0.296. The molecule has 32 heavy (non-hydrogen) atoms. The van der Waals surface area contributed by atoms with E-state index in [1.165, 1.54) is 0 Å².